The van der Waals surface area contributed by atoms with Gasteiger partial charge in [0.05, 0.1) is 6.21 Å². The number of benzene rings is 2. The van der Waals surface area contributed by atoms with Crippen molar-refractivity contribution < 1.29 is 4.79 Å². The molecule has 4 nitrogen and oxygen atoms in total. The second-order valence-electron chi connectivity index (χ2n) is 5.29. The zero-order valence-electron chi connectivity index (χ0n) is 12.6. The van der Waals surface area contributed by atoms with E-state index in [9.17, 15) is 4.79 Å². The molecular weight excluding hydrogens is 274 g/mol. The summed E-state index contributed by atoms with van der Waals surface area (Å²) in [6.07, 6.45) is 3.52. The van der Waals surface area contributed by atoms with Crippen LogP contribution in [0.3, 0.4) is 0 Å². The lowest BCUT2D eigenvalue weighted by molar-refractivity contribution is 0.0955. The molecule has 0 unspecified atom stereocenters. The maximum Gasteiger partial charge on any atom is 0.271 e. The number of aryl methyl sites for hydroxylation is 2. The Labute approximate surface area is 128 Å². The monoisotopic (exact) mass is 291 g/mol. The summed E-state index contributed by atoms with van der Waals surface area (Å²) in [5.41, 5.74) is 7.42. The van der Waals surface area contributed by atoms with Crippen LogP contribution >= 0.6 is 0 Å². The zero-order valence-corrected chi connectivity index (χ0v) is 12.6. The largest absolute Gasteiger partial charge is 0.361 e. The summed E-state index contributed by atoms with van der Waals surface area (Å²) < 4.78 is 0. The number of rotatable bonds is 3. The van der Waals surface area contributed by atoms with Crippen LogP contribution in [0.1, 0.15) is 27.0 Å². The smallest absolute Gasteiger partial charge is 0.271 e. The van der Waals surface area contributed by atoms with Crippen molar-refractivity contribution in [2.75, 3.05) is 0 Å². The number of aromatic amines is 1. The number of fused-ring (bicyclic) bond motifs is 1. The summed E-state index contributed by atoms with van der Waals surface area (Å²) >= 11 is 0. The van der Waals surface area contributed by atoms with E-state index in [0.29, 0.717) is 5.56 Å². The van der Waals surface area contributed by atoms with Gasteiger partial charge in [-0.15, -0.1) is 0 Å². The van der Waals surface area contributed by atoms with Crippen LogP contribution < -0.4 is 5.43 Å². The van der Waals surface area contributed by atoms with Gasteiger partial charge in [0.2, 0.25) is 0 Å². The Kier molecular flexibility index (Phi) is 3.74. The summed E-state index contributed by atoms with van der Waals surface area (Å²) in [6, 6.07) is 13.6. The minimum Gasteiger partial charge on any atom is -0.361 e. The summed E-state index contributed by atoms with van der Waals surface area (Å²) in [5, 5.41) is 5.12. The van der Waals surface area contributed by atoms with Crippen molar-refractivity contribution in [3.8, 4) is 0 Å². The average molecular weight is 291 g/mol. The SMILES string of the molecule is Cc1ccc(C(=O)NN=Cc2c[nH]c3ccccc23)cc1C. The molecule has 0 saturated carbocycles. The molecule has 22 heavy (non-hydrogen) atoms. The van der Waals surface area contributed by atoms with Crippen molar-refractivity contribution >= 4 is 23.0 Å². The van der Waals surface area contributed by atoms with Gasteiger partial charge in [-0.05, 0) is 43.2 Å². The topological polar surface area (TPSA) is 57.2 Å². The van der Waals surface area contributed by atoms with Gasteiger partial charge in [-0.1, -0.05) is 24.3 Å². The highest BCUT2D eigenvalue weighted by molar-refractivity contribution is 6.00. The van der Waals surface area contributed by atoms with Crippen molar-refractivity contribution in [1.29, 1.82) is 0 Å². The number of aromatic nitrogens is 1. The van der Waals surface area contributed by atoms with Crippen LogP contribution in [-0.4, -0.2) is 17.1 Å². The Morgan fingerprint density at radius 2 is 1.95 bits per heavy atom. The van der Waals surface area contributed by atoms with Crippen molar-refractivity contribution in [1.82, 2.24) is 10.4 Å². The standard InChI is InChI=1S/C18H17N3O/c1-12-7-8-14(9-13(12)2)18(22)21-20-11-15-10-19-17-6-4-3-5-16(15)17/h3-11,19H,1-2H3,(H,21,22). The number of hydrazone groups is 1. The minimum absolute atomic E-state index is 0.209. The summed E-state index contributed by atoms with van der Waals surface area (Å²) in [6.45, 7) is 4.01. The van der Waals surface area contributed by atoms with Crippen LogP contribution in [0.2, 0.25) is 0 Å². The third-order valence-electron chi connectivity index (χ3n) is 3.76. The van der Waals surface area contributed by atoms with Crippen LogP contribution in [0, 0.1) is 13.8 Å². The minimum atomic E-state index is -0.209. The van der Waals surface area contributed by atoms with E-state index >= 15 is 0 Å². The Bertz CT molecular complexity index is 862. The first-order valence-corrected chi connectivity index (χ1v) is 7.12. The van der Waals surface area contributed by atoms with Crippen molar-refractivity contribution in [3.63, 3.8) is 0 Å². The molecule has 0 aliphatic rings. The summed E-state index contributed by atoms with van der Waals surface area (Å²) in [4.78, 5) is 15.2. The third-order valence-corrected chi connectivity index (χ3v) is 3.76. The van der Waals surface area contributed by atoms with Crippen LogP contribution in [0.5, 0.6) is 0 Å². The molecule has 1 aromatic heterocycles. The summed E-state index contributed by atoms with van der Waals surface area (Å²) in [5.74, 6) is -0.209. The van der Waals surface area contributed by atoms with Gasteiger partial charge in [-0.2, -0.15) is 5.10 Å². The van der Waals surface area contributed by atoms with E-state index in [1.807, 2.05) is 56.4 Å². The fourth-order valence-corrected chi connectivity index (χ4v) is 2.31. The maximum atomic E-state index is 12.1. The molecular formula is C18H17N3O. The van der Waals surface area contributed by atoms with Crippen LogP contribution in [0.25, 0.3) is 10.9 Å². The number of hydrogen-bond acceptors (Lipinski definition) is 2. The van der Waals surface area contributed by atoms with Crippen LogP contribution in [0.4, 0.5) is 0 Å². The lowest BCUT2D eigenvalue weighted by Gasteiger charge is -2.03. The van der Waals surface area contributed by atoms with Crippen molar-refractivity contribution in [2.45, 2.75) is 13.8 Å². The Balaban J connectivity index is 1.74. The molecule has 0 radical (unpaired) electrons. The molecule has 1 heterocycles. The van der Waals surface area contributed by atoms with E-state index in [1.54, 1.807) is 12.3 Å². The molecule has 0 saturated heterocycles. The molecule has 3 aromatic rings. The van der Waals surface area contributed by atoms with Gasteiger partial charge in [-0.3, -0.25) is 4.79 Å². The number of carbonyl (C=O) groups excluding carboxylic acids is 1. The Morgan fingerprint density at radius 1 is 1.14 bits per heavy atom. The molecule has 110 valence electrons. The first kappa shape index (κ1) is 14.1. The highest BCUT2D eigenvalue weighted by Gasteiger charge is 2.05. The highest BCUT2D eigenvalue weighted by atomic mass is 16.2. The van der Waals surface area contributed by atoms with Crippen LogP contribution in [0.15, 0.2) is 53.8 Å². The molecule has 2 N–H and O–H groups in total. The predicted molar refractivity (Wildman–Crippen MR) is 89.3 cm³/mol. The molecule has 2 aromatic carbocycles. The van der Waals surface area contributed by atoms with E-state index in [4.69, 9.17) is 0 Å². The second-order valence-corrected chi connectivity index (χ2v) is 5.29. The molecule has 1 amide bonds. The van der Waals surface area contributed by atoms with Crippen molar-refractivity contribution in [3.05, 3.63) is 70.9 Å². The second kappa shape index (κ2) is 5.85. The van der Waals surface area contributed by atoms with E-state index in [-0.39, 0.29) is 5.91 Å². The highest BCUT2D eigenvalue weighted by Crippen LogP contribution is 2.15. The predicted octanol–water partition coefficient (Wildman–Crippen LogP) is 3.55. The van der Waals surface area contributed by atoms with Gasteiger partial charge < -0.3 is 4.98 Å². The molecule has 0 fully saturated rings. The van der Waals surface area contributed by atoms with Crippen LogP contribution in [-0.2, 0) is 0 Å². The van der Waals surface area contributed by atoms with E-state index in [2.05, 4.69) is 15.5 Å². The first-order valence-electron chi connectivity index (χ1n) is 7.12. The number of para-hydroxylation sites is 1. The fraction of sp³-hybridized carbons (Fsp3) is 0.111. The Hall–Kier alpha value is -2.88. The van der Waals surface area contributed by atoms with E-state index in [1.165, 1.54) is 5.56 Å². The fourth-order valence-electron chi connectivity index (χ4n) is 2.31. The molecule has 0 aliphatic heterocycles. The molecule has 0 aliphatic carbocycles. The third kappa shape index (κ3) is 2.76. The van der Waals surface area contributed by atoms with E-state index in [0.717, 1.165) is 22.0 Å². The van der Waals surface area contributed by atoms with Gasteiger partial charge in [-0.25, -0.2) is 5.43 Å². The quantitative estimate of drug-likeness (QED) is 0.562. The van der Waals surface area contributed by atoms with Gasteiger partial charge in [0.1, 0.15) is 0 Å². The number of carbonyl (C=O) groups is 1. The maximum absolute atomic E-state index is 12.1. The molecule has 4 heteroatoms. The van der Waals surface area contributed by atoms with E-state index < -0.39 is 0 Å². The number of nitrogens with zero attached hydrogens (tertiary/aromatic N) is 1. The first-order chi connectivity index (χ1) is 10.6. The number of nitrogens with one attached hydrogen (secondary N) is 2. The van der Waals surface area contributed by atoms with Crippen molar-refractivity contribution in [2.24, 2.45) is 5.10 Å². The summed E-state index contributed by atoms with van der Waals surface area (Å²) in [7, 11) is 0. The average Bonchev–Trinajstić information content (AvgIpc) is 2.93. The number of hydrogen-bond donors (Lipinski definition) is 2. The Morgan fingerprint density at radius 3 is 2.77 bits per heavy atom. The molecule has 0 atom stereocenters. The molecule has 3 rings (SSSR count). The molecule has 0 spiro atoms. The lowest BCUT2D eigenvalue weighted by atomic mass is 10.1. The lowest BCUT2D eigenvalue weighted by Crippen LogP contribution is -2.17. The number of amides is 1. The number of H-pyrrole nitrogens is 1. The van der Waals surface area contributed by atoms with Gasteiger partial charge >= 0.3 is 0 Å². The zero-order chi connectivity index (χ0) is 15.5. The van der Waals surface area contributed by atoms with Gasteiger partial charge in [0.25, 0.3) is 5.91 Å². The molecule has 0 bridgehead atoms. The normalized spacial score (nSPS) is 11.2. The van der Waals surface area contributed by atoms with Gasteiger partial charge in [0.15, 0.2) is 0 Å². The van der Waals surface area contributed by atoms with Gasteiger partial charge in [0, 0.05) is 28.2 Å².